The van der Waals surface area contributed by atoms with E-state index >= 15 is 0 Å². The van der Waals surface area contributed by atoms with Crippen molar-refractivity contribution in [2.45, 2.75) is 6.61 Å². The van der Waals surface area contributed by atoms with Crippen LogP contribution in [0.4, 0.5) is 11.4 Å². The minimum atomic E-state index is -0.463. The molecule has 9 heteroatoms. The predicted molar refractivity (Wildman–Crippen MR) is 118 cm³/mol. The lowest BCUT2D eigenvalue weighted by molar-refractivity contribution is -0.384. The number of ether oxygens (including phenoxy) is 2. The fourth-order valence-electron chi connectivity index (χ4n) is 2.55. The van der Waals surface area contributed by atoms with Gasteiger partial charge in [0.05, 0.1) is 23.9 Å². The van der Waals surface area contributed by atoms with Crippen molar-refractivity contribution in [3.8, 4) is 11.5 Å². The minimum absolute atomic E-state index is 0.0147. The first kappa shape index (κ1) is 21.4. The number of hydrogen-bond acceptors (Lipinski definition) is 6. The first-order valence-electron chi connectivity index (χ1n) is 8.74. The quantitative estimate of drug-likeness (QED) is 0.263. The van der Waals surface area contributed by atoms with E-state index in [2.05, 4.69) is 10.5 Å². The second kappa shape index (κ2) is 9.96. The van der Waals surface area contributed by atoms with Gasteiger partial charge in [0.25, 0.3) is 5.69 Å². The van der Waals surface area contributed by atoms with E-state index in [9.17, 15) is 10.1 Å². The molecule has 7 nitrogen and oxygen atoms in total. The summed E-state index contributed by atoms with van der Waals surface area (Å²) < 4.78 is 11.2. The maximum atomic E-state index is 10.8. The molecule has 0 amide bonds. The van der Waals surface area contributed by atoms with Gasteiger partial charge in [-0.3, -0.25) is 15.5 Å². The van der Waals surface area contributed by atoms with Crippen molar-refractivity contribution in [2.75, 3.05) is 12.5 Å². The number of benzene rings is 3. The van der Waals surface area contributed by atoms with Gasteiger partial charge in [-0.15, -0.1) is 0 Å². The number of hydrogen-bond donors (Lipinski definition) is 1. The highest BCUT2D eigenvalue weighted by molar-refractivity contribution is 6.35. The first-order valence-corrected chi connectivity index (χ1v) is 9.50. The summed E-state index contributed by atoms with van der Waals surface area (Å²) in [5.41, 5.74) is 4.81. The van der Waals surface area contributed by atoms with E-state index in [1.165, 1.54) is 12.1 Å². The van der Waals surface area contributed by atoms with Crippen molar-refractivity contribution in [1.82, 2.24) is 0 Å². The third kappa shape index (κ3) is 5.62. The molecule has 0 aromatic heterocycles. The first-order chi connectivity index (χ1) is 14.5. The molecule has 0 spiro atoms. The smallest absolute Gasteiger partial charge is 0.271 e. The lowest BCUT2D eigenvalue weighted by Crippen LogP contribution is -1.99. The van der Waals surface area contributed by atoms with E-state index in [4.69, 9.17) is 32.7 Å². The second-order valence-corrected chi connectivity index (χ2v) is 6.96. The Kier molecular flexibility index (Phi) is 7.11. The van der Waals surface area contributed by atoms with Crippen LogP contribution in [0.2, 0.25) is 10.0 Å². The summed E-state index contributed by atoms with van der Waals surface area (Å²) in [6.45, 7) is 0.258. The van der Waals surface area contributed by atoms with Crippen molar-refractivity contribution >= 4 is 40.8 Å². The van der Waals surface area contributed by atoms with E-state index in [1.807, 2.05) is 0 Å². The number of nitro benzene ring substituents is 1. The number of rotatable bonds is 8. The van der Waals surface area contributed by atoms with Crippen molar-refractivity contribution in [1.29, 1.82) is 0 Å². The summed E-state index contributed by atoms with van der Waals surface area (Å²) in [6, 6.07) is 16.6. The third-order valence-corrected chi connectivity index (χ3v) is 4.64. The molecule has 0 radical (unpaired) electrons. The summed E-state index contributed by atoms with van der Waals surface area (Å²) in [5, 5.41) is 16.0. The molecule has 1 N–H and O–H groups in total. The van der Waals surface area contributed by atoms with Crippen LogP contribution in [0.15, 0.2) is 65.8 Å². The molecule has 3 aromatic carbocycles. The van der Waals surface area contributed by atoms with Gasteiger partial charge in [0, 0.05) is 27.7 Å². The van der Waals surface area contributed by atoms with Gasteiger partial charge in [0.15, 0.2) is 11.5 Å². The van der Waals surface area contributed by atoms with Crippen LogP contribution in [0.1, 0.15) is 11.1 Å². The zero-order chi connectivity index (χ0) is 21.5. The summed E-state index contributed by atoms with van der Waals surface area (Å²) >= 11 is 12.1. The van der Waals surface area contributed by atoms with Crippen molar-refractivity contribution < 1.29 is 14.4 Å². The summed E-state index contributed by atoms with van der Waals surface area (Å²) in [7, 11) is 1.54. The molecule has 0 unspecified atom stereocenters. The molecule has 0 saturated heterocycles. The molecule has 0 heterocycles. The van der Waals surface area contributed by atoms with Gasteiger partial charge in [-0.05, 0) is 42.0 Å². The monoisotopic (exact) mass is 445 g/mol. The Hall–Kier alpha value is -3.29. The van der Waals surface area contributed by atoms with E-state index in [1.54, 1.807) is 61.9 Å². The average Bonchev–Trinajstić information content (AvgIpc) is 2.74. The molecule has 3 rings (SSSR count). The average molecular weight is 446 g/mol. The van der Waals surface area contributed by atoms with E-state index in [0.29, 0.717) is 27.2 Å². The summed E-state index contributed by atoms with van der Waals surface area (Å²) in [6.07, 6.45) is 1.57. The van der Waals surface area contributed by atoms with Crippen LogP contribution in [-0.4, -0.2) is 18.2 Å². The second-order valence-electron chi connectivity index (χ2n) is 6.11. The molecule has 0 fully saturated rings. The van der Waals surface area contributed by atoms with Crippen LogP contribution >= 0.6 is 23.2 Å². The highest BCUT2D eigenvalue weighted by Gasteiger charge is 2.08. The Labute approximate surface area is 183 Å². The molecule has 0 aliphatic heterocycles. The van der Waals surface area contributed by atoms with Gasteiger partial charge in [-0.1, -0.05) is 35.3 Å². The topological polar surface area (TPSA) is 86.0 Å². The van der Waals surface area contributed by atoms with Crippen LogP contribution in [0, 0.1) is 10.1 Å². The lowest BCUT2D eigenvalue weighted by atomic mass is 10.2. The zero-order valence-electron chi connectivity index (χ0n) is 15.8. The molecular weight excluding hydrogens is 429 g/mol. The Morgan fingerprint density at radius 2 is 1.93 bits per heavy atom. The van der Waals surface area contributed by atoms with Gasteiger partial charge >= 0.3 is 0 Å². The Morgan fingerprint density at radius 1 is 1.10 bits per heavy atom. The molecule has 3 aromatic rings. The maximum absolute atomic E-state index is 10.8. The van der Waals surface area contributed by atoms with Crippen molar-refractivity contribution in [3.63, 3.8) is 0 Å². The van der Waals surface area contributed by atoms with E-state index < -0.39 is 4.92 Å². The molecule has 154 valence electrons. The van der Waals surface area contributed by atoms with Gasteiger partial charge < -0.3 is 9.47 Å². The summed E-state index contributed by atoms with van der Waals surface area (Å²) in [5.74, 6) is 1.08. The number of nitro groups is 1. The van der Waals surface area contributed by atoms with E-state index in [0.717, 1.165) is 11.1 Å². The van der Waals surface area contributed by atoms with Crippen LogP contribution in [0.5, 0.6) is 11.5 Å². The predicted octanol–water partition coefficient (Wildman–Crippen LogP) is 5.94. The van der Waals surface area contributed by atoms with Crippen LogP contribution in [0.3, 0.4) is 0 Å². The highest BCUT2D eigenvalue weighted by Crippen LogP contribution is 2.30. The van der Waals surface area contributed by atoms with Gasteiger partial charge in [0.2, 0.25) is 0 Å². The number of methoxy groups -OCH3 is 1. The molecule has 0 bridgehead atoms. The summed E-state index contributed by atoms with van der Waals surface area (Å²) in [4.78, 5) is 10.4. The van der Waals surface area contributed by atoms with Crippen LogP contribution < -0.4 is 14.9 Å². The number of halogens is 2. The number of nitrogens with zero attached hydrogens (tertiary/aromatic N) is 2. The molecule has 0 aliphatic carbocycles. The maximum Gasteiger partial charge on any atom is 0.271 e. The lowest BCUT2D eigenvalue weighted by Gasteiger charge is -2.12. The third-order valence-electron chi connectivity index (χ3n) is 4.05. The number of hydrazone groups is 1. The molecular formula is C21H17Cl2N3O4. The molecule has 0 saturated carbocycles. The van der Waals surface area contributed by atoms with E-state index in [-0.39, 0.29) is 12.3 Å². The molecule has 0 aliphatic rings. The minimum Gasteiger partial charge on any atom is -0.493 e. The molecule has 0 atom stereocenters. The SMILES string of the molecule is COc1cc(C=NNc2cccc([N+](=O)[O-])c2)ccc1OCc1ccc(Cl)cc1Cl. The fraction of sp³-hybridized carbons (Fsp3) is 0.0952. The van der Waals surface area contributed by atoms with Crippen molar-refractivity contribution in [3.05, 3.63) is 92.0 Å². The normalized spacial score (nSPS) is 10.8. The van der Waals surface area contributed by atoms with Gasteiger partial charge in [-0.2, -0.15) is 5.10 Å². The Balaban J connectivity index is 1.67. The van der Waals surface area contributed by atoms with Crippen LogP contribution in [0.25, 0.3) is 0 Å². The Bertz CT molecular complexity index is 1090. The number of anilines is 1. The highest BCUT2D eigenvalue weighted by atomic mass is 35.5. The van der Waals surface area contributed by atoms with Crippen molar-refractivity contribution in [2.24, 2.45) is 5.10 Å². The largest absolute Gasteiger partial charge is 0.493 e. The standard InChI is InChI=1S/C21H17Cl2N3O4/c1-29-21-9-14(12-24-25-17-3-2-4-18(11-17)26(27)28)5-8-20(21)30-13-15-6-7-16(22)10-19(15)23/h2-12,25H,13H2,1H3. The van der Waals surface area contributed by atoms with Gasteiger partial charge in [-0.25, -0.2) is 0 Å². The van der Waals surface area contributed by atoms with Gasteiger partial charge in [0.1, 0.15) is 6.61 Å². The number of nitrogens with one attached hydrogen (secondary N) is 1. The fourth-order valence-corrected chi connectivity index (χ4v) is 3.01. The number of non-ortho nitro benzene ring substituents is 1. The Morgan fingerprint density at radius 3 is 2.67 bits per heavy atom. The molecule has 30 heavy (non-hydrogen) atoms. The zero-order valence-corrected chi connectivity index (χ0v) is 17.4. The van der Waals surface area contributed by atoms with Crippen LogP contribution in [-0.2, 0) is 6.61 Å².